The largest absolute Gasteiger partial charge is 0.497 e. The van der Waals surface area contributed by atoms with E-state index in [0.717, 1.165) is 35.0 Å². The summed E-state index contributed by atoms with van der Waals surface area (Å²) in [4.78, 5) is 34.1. The summed E-state index contributed by atoms with van der Waals surface area (Å²) in [7, 11) is 3.47. The van der Waals surface area contributed by atoms with Crippen molar-refractivity contribution in [3.05, 3.63) is 82.0 Å². The number of amides is 2. The molecule has 2 amide bonds. The number of methoxy groups -OCH3 is 1. The van der Waals surface area contributed by atoms with Gasteiger partial charge < -0.3 is 19.4 Å². The number of anilines is 1. The molecule has 3 aromatic rings. The van der Waals surface area contributed by atoms with Crippen LogP contribution in [0.4, 0.5) is 5.69 Å². The third-order valence-electron chi connectivity index (χ3n) is 6.71. The van der Waals surface area contributed by atoms with Gasteiger partial charge in [-0.15, -0.1) is 11.3 Å². The molecule has 0 spiro atoms. The predicted molar refractivity (Wildman–Crippen MR) is 130 cm³/mol. The Labute approximate surface area is 198 Å². The van der Waals surface area contributed by atoms with E-state index in [4.69, 9.17) is 4.74 Å². The molecule has 2 aromatic carbocycles. The Morgan fingerprint density at radius 1 is 0.970 bits per heavy atom. The van der Waals surface area contributed by atoms with Gasteiger partial charge in [-0.1, -0.05) is 24.3 Å². The van der Waals surface area contributed by atoms with Crippen molar-refractivity contribution in [1.29, 1.82) is 0 Å². The topological polar surface area (TPSA) is 53.1 Å². The maximum absolute atomic E-state index is 14.0. The fraction of sp³-hybridized carbons (Fsp3) is 0.308. The van der Waals surface area contributed by atoms with E-state index < -0.39 is 5.92 Å². The second-order valence-corrected chi connectivity index (χ2v) is 9.43. The molecule has 7 heteroatoms. The molecule has 2 atom stereocenters. The summed E-state index contributed by atoms with van der Waals surface area (Å²) < 4.78 is 5.26. The lowest BCUT2D eigenvalue weighted by molar-refractivity contribution is -0.134. The zero-order valence-electron chi connectivity index (χ0n) is 18.8. The average molecular weight is 462 g/mol. The number of fused-ring (bicyclic) bond motifs is 1. The smallest absolute Gasteiger partial charge is 0.254 e. The number of hydrogen-bond donors (Lipinski definition) is 0. The Morgan fingerprint density at radius 2 is 1.70 bits per heavy atom. The lowest BCUT2D eigenvalue weighted by Gasteiger charge is -2.43. The van der Waals surface area contributed by atoms with E-state index in [-0.39, 0.29) is 17.9 Å². The van der Waals surface area contributed by atoms with Crippen LogP contribution in [0.25, 0.3) is 0 Å². The van der Waals surface area contributed by atoms with E-state index in [1.807, 2.05) is 65.9 Å². The molecule has 170 valence electrons. The lowest BCUT2D eigenvalue weighted by atomic mass is 9.81. The monoisotopic (exact) mass is 461 g/mol. The van der Waals surface area contributed by atoms with Crippen LogP contribution in [-0.4, -0.2) is 62.0 Å². The first-order valence-corrected chi connectivity index (χ1v) is 12.0. The fourth-order valence-electron chi connectivity index (χ4n) is 4.93. The molecule has 2 unspecified atom stereocenters. The van der Waals surface area contributed by atoms with Gasteiger partial charge >= 0.3 is 0 Å². The zero-order valence-corrected chi connectivity index (χ0v) is 19.6. The van der Waals surface area contributed by atoms with Crippen molar-refractivity contribution >= 4 is 28.8 Å². The molecule has 0 aliphatic carbocycles. The maximum Gasteiger partial charge on any atom is 0.254 e. The van der Waals surface area contributed by atoms with Crippen LogP contribution in [0.15, 0.2) is 66.0 Å². The van der Waals surface area contributed by atoms with Crippen molar-refractivity contribution in [1.82, 2.24) is 9.80 Å². The zero-order chi connectivity index (χ0) is 22.9. The number of hydrogen-bond acceptors (Lipinski definition) is 5. The first kappa shape index (κ1) is 21.5. The minimum atomic E-state index is -0.407. The number of benzene rings is 2. The second kappa shape index (κ2) is 8.90. The maximum atomic E-state index is 14.0. The van der Waals surface area contributed by atoms with Crippen LogP contribution in [-0.2, 0) is 4.79 Å². The first-order chi connectivity index (χ1) is 16.1. The van der Waals surface area contributed by atoms with Gasteiger partial charge in [-0.05, 0) is 47.3 Å². The summed E-state index contributed by atoms with van der Waals surface area (Å²) in [6.45, 7) is 2.84. The van der Waals surface area contributed by atoms with E-state index in [9.17, 15) is 9.59 Å². The van der Waals surface area contributed by atoms with Crippen LogP contribution in [0.2, 0.25) is 0 Å². The number of nitrogens with zero attached hydrogens (tertiary/aromatic N) is 3. The SMILES string of the molecule is COc1ccc(N2CCN(C(=O)C3c4ccccc4C(=O)N(C)C3c3cccs3)CC2)cc1. The second-order valence-electron chi connectivity index (χ2n) is 8.45. The third kappa shape index (κ3) is 3.86. The summed E-state index contributed by atoms with van der Waals surface area (Å²) in [6.07, 6.45) is 0. The molecule has 2 aliphatic rings. The molecule has 0 N–H and O–H groups in total. The molecule has 3 heterocycles. The summed E-state index contributed by atoms with van der Waals surface area (Å²) in [6, 6.07) is 19.3. The van der Waals surface area contributed by atoms with Crippen molar-refractivity contribution in [3.8, 4) is 5.75 Å². The lowest BCUT2D eigenvalue weighted by Crippen LogP contribution is -2.53. The summed E-state index contributed by atoms with van der Waals surface area (Å²) in [5, 5.41) is 2.00. The van der Waals surface area contributed by atoms with Gasteiger partial charge in [0.25, 0.3) is 5.91 Å². The number of likely N-dealkylation sites (N-methyl/N-ethyl adjacent to an activating group) is 1. The molecule has 1 aromatic heterocycles. The van der Waals surface area contributed by atoms with E-state index in [2.05, 4.69) is 17.0 Å². The molecule has 6 nitrogen and oxygen atoms in total. The standard InChI is InChI=1S/C26H27N3O3S/c1-27-24(22-8-5-17-33-22)23(20-6-3-4-7-21(20)25(27)30)26(31)29-15-13-28(14-16-29)18-9-11-19(32-2)12-10-18/h3-12,17,23-24H,13-16H2,1-2H3. The van der Waals surface area contributed by atoms with E-state index in [1.54, 1.807) is 23.3 Å². The minimum Gasteiger partial charge on any atom is -0.497 e. The van der Waals surface area contributed by atoms with Crippen LogP contribution >= 0.6 is 11.3 Å². The van der Waals surface area contributed by atoms with Crippen molar-refractivity contribution in [2.24, 2.45) is 0 Å². The molecule has 0 radical (unpaired) electrons. The van der Waals surface area contributed by atoms with Gasteiger partial charge in [-0.3, -0.25) is 9.59 Å². The van der Waals surface area contributed by atoms with Crippen molar-refractivity contribution in [2.45, 2.75) is 12.0 Å². The molecular formula is C26H27N3O3S. The van der Waals surface area contributed by atoms with Crippen molar-refractivity contribution < 1.29 is 14.3 Å². The summed E-state index contributed by atoms with van der Waals surface area (Å²) >= 11 is 1.60. The molecule has 1 fully saturated rings. The highest BCUT2D eigenvalue weighted by Crippen LogP contribution is 2.44. The molecule has 33 heavy (non-hydrogen) atoms. The molecule has 5 rings (SSSR count). The molecule has 0 bridgehead atoms. The summed E-state index contributed by atoms with van der Waals surface area (Å²) in [5.41, 5.74) is 2.59. The van der Waals surface area contributed by atoms with Crippen LogP contribution in [0.3, 0.4) is 0 Å². The highest BCUT2D eigenvalue weighted by Gasteiger charge is 2.44. The fourth-order valence-corrected chi connectivity index (χ4v) is 5.84. The van der Waals surface area contributed by atoms with E-state index in [0.29, 0.717) is 18.7 Å². The third-order valence-corrected chi connectivity index (χ3v) is 7.65. The normalized spacial score (nSPS) is 20.5. The molecule has 1 saturated heterocycles. The van der Waals surface area contributed by atoms with Crippen molar-refractivity contribution in [3.63, 3.8) is 0 Å². The van der Waals surface area contributed by atoms with Gasteiger partial charge in [-0.2, -0.15) is 0 Å². The first-order valence-electron chi connectivity index (χ1n) is 11.2. The van der Waals surface area contributed by atoms with Crippen LogP contribution in [0, 0.1) is 0 Å². The Bertz CT molecular complexity index is 1140. The van der Waals surface area contributed by atoms with E-state index in [1.165, 1.54) is 0 Å². The quantitative estimate of drug-likeness (QED) is 0.589. The molecule has 0 saturated carbocycles. The minimum absolute atomic E-state index is 0.0302. The van der Waals surface area contributed by atoms with E-state index >= 15 is 0 Å². The Hall–Kier alpha value is -3.32. The van der Waals surface area contributed by atoms with Crippen LogP contribution in [0.5, 0.6) is 5.75 Å². The van der Waals surface area contributed by atoms with Gasteiger partial charge in [0.05, 0.1) is 19.1 Å². The van der Waals surface area contributed by atoms with Crippen LogP contribution in [0.1, 0.15) is 32.8 Å². The van der Waals surface area contributed by atoms with Gasteiger partial charge in [0.1, 0.15) is 5.75 Å². The Kier molecular flexibility index (Phi) is 5.81. The molecule has 2 aliphatic heterocycles. The summed E-state index contributed by atoms with van der Waals surface area (Å²) in [5.74, 6) is 0.490. The van der Waals surface area contributed by atoms with Gasteiger partial charge in [0.15, 0.2) is 0 Å². The Morgan fingerprint density at radius 3 is 2.36 bits per heavy atom. The number of carbonyl (C=O) groups excluding carboxylic acids is 2. The van der Waals surface area contributed by atoms with Crippen LogP contribution < -0.4 is 9.64 Å². The number of carbonyl (C=O) groups is 2. The van der Waals surface area contributed by atoms with Gasteiger partial charge in [0.2, 0.25) is 5.91 Å². The van der Waals surface area contributed by atoms with Gasteiger partial charge in [-0.25, -0.2) is 0 Å². The average Bonchev–Trinajstić information content (AvgIpc) is 3.40. The number of ether oxygens (including phenoxy) is 1. The number of thiophene rings is 1. The highest BCUT2D eigenvalue weighted by atomic mass is 32.1. The number of piperazine rings is 1. The molecular weight excluding hydrogens is 434 g/mol. The predicted octanol–water partition coefficient (Wildman–Crippen LogP) is 4.02. The highest BCUT2D eigenvalue weighted by molar-refractivity contribution is 7.10. The van der Waals surface area contributed by atoms with Gasteiger partial charge in [0, 0.05) is 49.4 Å². The number of rotatable bonds is 4. The Balaban J connectivity index is 1.40. The van der Waals surface area contributed by atoms with Crippen molar-refractivity contribution in [2.75, 3.05) is 45.2 Å².